The third-order valence-electron chi connectivity index (χ3n) is 1.76. The smallest absolute Gasteiger partial charge is 0.0245 e. The van der Waals surface area contributed by atoms with Gasteiger partial charge in [-0.1, -0.05) is 6.08 Å². The molecule has 1 nitrogen and oxygen atoms in total. The molecule has 1 rings (SSSR count). The Morgan fingerprint density at radius 3 is 3.00 bits per heavy atom. The molecule has 1 fully saturated rings. The molecule has 1 unspecified atom stereocenters. The van der Waals surface area contributed by atoms with Gasteiger partial charge in [0.2, 0.25) is 0 Å². The van der Waals surface area contributed by atoms with Gasteiger partial charge < -0.3 is 0 Å². The summed E-state index contributed by atoms with van der Waals surface area (Å²) in [6.45, 7) is 4.78. The fourth-order valence-electron chi connectivity index (χ4n) is 1.24. The molecular formula is C7H12NS. The topological polar surface area (TPSA) is 3.24 Å². The molecule has 1 aliphatic heterocycles. The van der Waals surface area contributed by atoms with Gasteiger partial charge in [0.15, 0.2) is 0 Å². The van der Waals surface area contributed by atoms with E-state index >= 15 is 0 Å². The van der Waals surface area contributed by atoms with Crippen molar-refractivity contribution < 1.29 is 0 Å². The van der Waals surface area contributed by atoms with Crippen LogP contribution in [0.5, 0.6) is 0 Å². The second kappa shape index (κ2) is 3.28. The summed E-state index contributed by atoms with van der Waals surface area (Å²) in [7, 11) is 0. The molecule has 2 heteroatoms. The van der Waals surface area contributed by atoms with Gasteiger partial charge in [-0.05, 0) is 19.3 Å². The lowest BCUT2D eigenvalue weighted by atomic mass is 10.2. The van der Waals surface area contributed by atoms with Gasteiger partial charge in [-0.3, -0.25) is 0 Å². The summed E-state index contributed by atoms with van der Waals surface area (Å²) in [5.74, 6) is 0. The molecule has 0 aromatic rings. The fraction of sp³-hybridized carbons (Fsp3) is 0.714. The standard InChI is InChI=1S/C7H12NS/c1-2-4-7-5-3-6-8(7)9/h2,7H,1,3-6H2. The minimum Gasteiger partial charge on any atom is -0.237 e. The Morgan fingerprint density at radius 1 is 1.78 bits per heavy atom. The Balaban J connectivity index is 2.30. The first-order valence-electron chi connectivity index (χ1n) is 3.39. The molecule has 0 saturated carbocycles. The maximum absolute atomic E-state index is 5.07. The average Bonchev–Trinajstić information content (AvgIpc) is 2.18. The summed E-state index contributed by atoms with van der Waals surface area (Å²) in [5, 5.41) is 0. The maximum atomic E-state index is 5.07. The first kappa shape index (κ1) is 7.16. The van der Waals surface area contributed by atoms with E-state index in [1.165, 1.54) is 12.8 Å². The van der Waals surface area contributed by atoms with Crippen LogP contribution >= 0.6 is 12.8 Å². The molecule has 0 bridgehead atoms. The summed E-state index contributed by atoms with van der Waals surface area (Å²) in [6, 6.07) is 0.609. The SMILES string of the molecule is C=CCC1CCCN1[S]. The normalized spacial score (nSPS) is 28.8. The minimum atomic E-state index is 0.609. The highest BCUT2D eigenvalue weighted by molar-refractivity contribution is 7.77. The van der Waals surface area contributed by atoms with Gasteiger partial charge in [-0.15, -0.1) is 6.58 Å². The molecule has 1 saturated heterocycles. The monoisotopic (exact) mass is 142 g/mol. The molecule has 1 atom stereocenters. The molecule has 0 aliphatic carbocycles. The van der Waals surface area contributed by atoms with Crippen LogP contribution in [0, 0.1) is 0 Å². The molecule has 51 valence electrons. The van der Waals surface area contributed by atoms with Crippen molar-refractivity contribution in [3.8, 4) is 0 Å². The second-order valence-corrected chi connectivity index (χ2v) is 2.93. The van der Waals surface area contributed by atoms with Gasteiger partial charge in [-0.2, -0.15) is 0 Å². The van der Waals surface area contributed by atoms with Crippen LogP contribution in [0.3, 0.4) is 0 Å². The van der Waals surface area contributed by atoms with Crippen LogP contribution in [0.15, 0.2) is 12.7 Å². The predicted molar refractivity (Wildman–Crippen MR) is 42.1 cm³/mol. The quantitative estimate of drug-likeness (QED) is 0.534. The number of hydrogen-bond acceptors (Lipinski definition) is 1. The van der Waals surface area contributed by atoms with E-state index < -0.39 is 0 Å². The van der Waals surface area contributed by atoms with Crippen LogP contribution in [-0.2, 0) is 0 Å². The molecule has 9 heavy (non-hydrogen) atoms. The summed E-state index contributed by atoms with van der Waals surface area (Å²) < 4.78 is 2.00. The van der Waals surface area contributed by atoms with Crippen molar-refractivity contribution >= 4 is 12.8 Å². The van der Waals surface area contributed by atoms with Gasteiger partial charge in [0.25, 0.3) is 0 Å². The third-order valence-corrected chi connectivity index (χ3v) is 2.24. The molecule has 1 aliphatic rings. The Hall–Kier alpha value is 0.0500. The molecule has 1 heterocycles. The van der Waals surface area contributed by atoms with Crippen molar-refractivity contribution in [3.05, 3.63) is 12.7 Å². The lowest BCUT2D eigenvalue weighted by Gasteiger charge is -2.13. The van der Waals surface area contributed by atoms with E-state index in [-0.39, 0.29) is 0 Å². The van der Waals surface area contributed by atoms with Crippen molar-refractivity contribution in [1.82, 2.24) is 4.31 Å². The molecule has 0 aromatic heterocycles. The van der Waals surface area contributed by atoms with E-state index in [1.54, 1.807) is 0 Å². The van der Waals surface area contributed by atoms with Crippen LogP contribution < -0.4 is 0 Å². The van der Waals surface area contributed by atoms with Crippen molar-refractivity contribution in [2.24, 2.45) is 0 Å². The highest BCUT2D eigenvalue weighted by atomic mass is 32.1. The van der Waals surface area contributed by atoms with Crippen molar-refractivity contribution in [3.63, 3.8) is 0 Å². The van der Waals surface area contributed by atoms with Crippen LogP contribution in [0.4, 0.5) is 0 Å². The predicted octanol–water partition coefficient (Wildman–Crippen LogP) is 2.14. The molecule has 0 N–H and O–H groups in total. The zero-order chi connectivity index (χ0) is 6.69. The summed E-state index contributed by atoms with van der Waals surface area (Å²) in [6.07, 6.45) is 5.54. The second-order valence-electron chi connectivity index (χ2n) is 2.46. The van der Waals surface area contributed by atoms with E-state index in [9.17, 15) is 0 Å². The van der Waals surface area contributed by atoms with E-state index in [2.05, 4.69) is 6.58 Å². The Morgan fingerprint density at radius 2 is 2.56 bits per heavy atom. The molecule has 1 radical (unpaired) electrons. The molecule has 0 amide bonds. The Labute approximate surface area is 62.3 Å². The van der Waals surface area contributed by atoms with E-state index in [4.69, 9.17) is 12.8 Å². The van der Waals surface area contributed by atoms with Gasteiger partial charge in [0, 0.05) is 25.4 Å². The van der Waals surface area contributed by atoms with Crippen LogP contribution in [-0.4, -0.2) is 16.9 Å². The van der Waals surface area contributed by atoms with E-state index in [1.807, 2.05) is 10.4 Å². The summed E-state index contributed by atoms with van der Waals surface area (Å²) in [5.41, 5.74) is 0. The number of hydrogen-bond donors (Lipinski definition) is 0. The van der Waals surface area contributed by atoms with Gasteiger partial charge in [0.05, 0.1) is 0 Å². The Kier molecular flexibility index (Phi) is 2.61. The first-order chi connectivity index (χ1) is 4.34. The van der Waals surface area contributed by atoms with Gasteiger partial charge >= 0.3 is 0 Å². The third kappa shape index (κ3) is 1.73. The summed E-state index contributed by atoms with van der Waals surface area (Å²) in [4.78, 5) is 0. The lowest BCUT2D eigenvalue weighted by Crippen LogP contribution is -2.18. The molecule has 0 aromatic carbocycles. The number of nitrogens with zero attached hydrogens (tertiary/aromatic N) is 1. The van der Waals surface area contributed by atoms with Crippen molar-refractivity contribution in [1.29, 1.82) is 0 Å². The Bertz CT molecular complexity index is 103. The fourth-order valence-corrected chi connectivity index (χ4v) is 1.56. The molecule has 0 spiro atoms. The summed E-state index contributed by atoms with van der Waals surface area (Å²) >= 11 is 5.07. The van der Waals surface area contributed by atoms with Crippen molar-refractivity contribution in [2.45, 2.75) is 25.3 Å². The van der Waals surface area contributed by atoms with Gasteiger partial charge in [-0.25, -0.2) is 4.31 Å². The highest BCUT2D eigenvalue weighted by Crippen LogP contribution is 2.21. The van der Waals surface area contributed by atoms with E-state index in [0.29, 0.717) is 6.04 Å². The lowest BCUT2D eigenvalue weighted by molar-refractivity contribution is 0.445. The zero-order valence-electron chi connectivity index (χ0n) is 5.55. The number of rotatable bonds is 2. The van der Waals surface area contributed by atoms with Gasteiger partial charge in [0.1, 0.15) is 0 Å². The molecular weight excluding hydrogens is 130 g/mol. The maximum Gasteiger partial charge on any atom is 0.0245 e. The highest BCUT2D eigenvalue weighted by Gasteiger charge is 2.20. The zero-order valence-corrected chi connectivity index (χ0v) is 6.36. The first-order valence-corrected chi connectivity index (χ1v) is 3.76. The van der Waals surface area contributed by atoms with Crippen LogP contribution in [0.1, 0.15) is 19.3 Å². The average molecular weight is 142 g/mol. The van der Waals surface area contributed by atoms with Crippen LogP contribution in [0.25, 0.3) is 0 Å². The largest absolute Gasteiger partial charge is 0.237 e. The van der Waals surface area contributed by atoms with E-state index in [0.717, 1.165) is 13.0 Å². The van der Waals surface area contributed by atoms with Crippen molar-refractivity contribution in [2.75, 3.05) is 6.54 Å². The van der Waals surface area contributed by atoms with Crippen LogP contribution in [0.2, 0.25) is 0 Å². The minimum absolute atomic E-state index is 0.609.